The van der Waals surface area contributed by atoms with Gasteiger partial charge in [-0.05, 0) is 93.4 Å². The molecule has 0 amide bonds. The zero-order chi connectivity index (χ0) is 23.0. The van der Waals surface area contributed by atoms with E-state index in [1.165, 1.54) is 5.57 Å². The van der Waals surface area contributed by atoms with Crippen LogP contribution in [0.25, 0.3) is 0 Å². The third kappa shape index (κ3) is 5.98. The van der Waals surface area contributed by atoms with Crippen molar-refractivity contribution in [1.82, 2.24) is 15.3 Å². The Hall–Kier alpha value is -4.13. The number of aromatic nitrogens is 2. The summed E-state index contributed by atoms with van der Waals surface area (Å²) in [6, 6.07) is 15.0. The zero-order valence-corrected chi connectivity index (χ0v) is 18.8. The molecule has 2 N–H and O–H groups in total. The third-order valence-corrected chi connectivity index (χ3v) is 5.31. The minimum Gasteiger partial charge on any atom is -0.438 e. The van der Waals surface area contributed by atoms with E-state index in [2.05, 4.69) is 44.6 Å². The van der Waals surface area contributed by atoms with Crippen LogP contribution in [0.4, 0.5) is 11.6 Å². The number of nitriles is 1. The van der Waals surface area contributed by atoms with Crippen molar-refractivity contribution < 1.29 is 4.74 Å². The monoisotopic (exact) mass is 435 g/mol. The van der Waals surface area contributed by atoms with E-state index in [-0.39, 0.29) is 0 Å². The molecule has 0 radical (unpaired) electrons. The first-order valence-corrected chi connectivity index (χ1v) is 10.9. The van der Waals surface area contributed by atoms with E-state index in [0.717, 1.165) is 54.1 Å². The second kappa shape index (κ2) is 10.5. The molecule has 6 heteroatoms. The number of benzene rings is 2. The number of hydrogen-bond acceptors (Lipinski definition) is 6. The van der Waals surface area contributed by atoms with Gasteiger partial charge in [0, 0.05) is 23.5 Å². The fraction of sp³-hybridized carbons (Fsp3) is 0.222. The highest BCUT2D eigenvalue weighted by Gasteiger charge is 2.09. The number of aryl methyl sites for hydroxylation is 2. The summed E-state index contributed by atoms with van der Waals surface area (Å²) in [5.41, 5.74) is 5.75. The highest BCUT2D eigenvalue weighted by Crippen LogP contribution is 2.29. The largest absolute Gasteiger partial charge is 0.438 e. The molecule has 4 rings (SSSR count). The highest BCUT2D eigenvalue weighted by atomic mass is 16.5. The van der Waals surface area contributed by atoms with Gasteiger partial charge in [0.2, 0.25) is 11.8 Å². The lowest BCUT2D eigenvalue weighted by Gasteiger charge is -2.13. The van der Waals surface area contributed by atoms with E-state index in [1.807, 2.05) is 38.1 Å². The molecule has 6 nitrogen and oxygen atoms in total. The van der Waals surface area contributed by atoms with Crippen LogP contribution < -0.4 is 15.4 Å². The normalized spacial score (nSPS) is 12.8. The van der Waals surface area contributed by atoms with E-state index < -0.39 is 0 Å². The quantitative estimate of drug-likeness (QED) is 0.551. The molecule has 3 aromatic rings. The first-order valence-electron chi connectivity index (χ1n) is 10.9. The lowest BCUT2D eigenvalue weighted by atomic mass is 10.0. The second-order valence-electron chi connectivity index (χ2n) is 7.90. The van der Waals surface area contributed by atoms with E-state index in [9.17, 15) is 0 Å². The van der Waals surface area contributed by atoms with Gasteiger partial charge in [0.15, 0.2) is 0 Å². The summed E-state index contributed by atoms with van der Waals surface area (Å²) in [4.78, 5) is 8.72. The van der Waals surface area contributed by atoms with Gasteiger partial charge in [0.1, 0.15) is 5.75 Å². The van der Waals surface area contributed by atoms with Crippen molar-refractivity contribution in [2.75, 3.05) is 18.4 Å². The number of nitrogens with zero attached hydrogens (tertiary/aromatic N) is 3. The van der Waals surface area contributed by atoms with Crippen LogP contribution in [-0.4, -0.2) is 23.1 Å². The molecule has 2 aromatic carbocycles. The minimum absolute atomic E-state index is 0.418. The van der Waals surface area contributed by atoms with Crippen molar-refractivity contribution in [3.63, 3.8) is 0 Å². The summed E-state index contributed by atoms with van der Waals surface area (Å²) in [6.07, 6.45) is 5.84. The van der Waals surface area contributed by atoms with E-state index in [1.54, 1.807) is 24.4 Å². The third-order valence-electron chi connectivity index (χ3n) is 5.31. The van der Waals surface area contributed by atoms with Gasteiger partial charge < -0.3 is 15.4 Å². The molecule has 2 heterocycles. The number of nitrogens with one attached hydrogen (secondary N) is 2. The van der Waals surface area contributed by atoms with E-state index in [0.29, 0.717) is 17.4 Å². The van der Waals surface area contributed by atoms with Crippen LogP contribution in [0.1, 0.15) is 35.1 Å². The molecule has 0 spiro atoms. The molecule has 0 aliphatic carbocycles. The molecule has 1 aliphatic heterocycles. The number of rotatable bonds is 4. The molecule has 164 valence electrons. The number of piperidine rings is 1. The topological polar surface area (TPSA) is 82.9 Å². The van der Waals surface area contributed by atoms with E-state index in [4.69, 9.17) is 10.00 Å². The summed E-state index contributed by atoms with van der Waals surface area (Å²) in [5, 5.41) is 15.4. The molecule has 33 heavy (non-hydrogen) atoms. The van der Waals surface area contributed by atoms with Gasteiger partial charge in [-0.1, -0.05) is 17.4 Å². The first kappa shape index (κ1) is 22.1. The Morgan fingerprint density at radius 2 is 1.76 bits per heavy atom. The van der Waals surface area contributed by atoms with Crippen molar-refractivity contribution in [3.05, 3.63) is 82.6 Å². The summed E-state index contributed by atoms with van der Waals surface area (Å²) in [6.45, 7) is 6.09. The summed E-state index contributed by atoms with van der Waals surface area (Å²) in [7, 11) is 0. The molecule has 0 atom stereocenters. The van der Waals surface area contributed by atoms with Crippen molar-refractivity contribution in [2.45, 2.75) is 26.7 Å². The predicted molar refractivity (Wildman–Crippen MR) is 130 cm³/mol. The maximum Gasteiger partial charge on any atom is 0.230 e. The van der Waals surface area contributed by atoms with Crippen molar-refractivity contribution >= 4 is 11.6 Å². The molecule has 0 saturated carbocycles. The molecular formula is C27H25N5O. The standard InChI is InChI=1S/C27H25N5O/c1-19-16-23(5-3-4-21-10-13-29-14-11-21)17-20(2)26(19)33-25-12-15-30-27(32-25)31-24-8-6-22(18-28)7-9-24/h4,6-9,12,15-17,29H,10-11,13-14H2,1-2H3,(H,30,31,32). The smallest absolute Gasteiger partial charge is 0.230 e. The minimum atomic E-state index is 0.418. The average molecular weight is 436 g/mol. The SMILES string of the molecule is Cc1cc(C#CC=C2CCNCC2)cc(C)c1Oc1ccnc(Nc2ccc(C#N)cc2)n1. The molecule has 0 bridgehead atoms. The van der Waals surface area contributed by atoms with Crippen LogP contribution in [0, 0.1) is 37.0 Å². The number of anilines is 2. The Morgan fingerprint density at radius 1 is 1.03 bits per heavy atom. The van der Waals surface area contributed by atoms with Crippen LogP contribution in [0.15, 0.2) is 60.3 Å². The Labute approximate surface area is 194 Å². The van der Waals surface area contributed by atoms with Gasteiger partial charge in [-0.15, -0.1) is 0 Å². The van der Waals surface area contributed by atoms with Gasteiger partial charge >= 0.3 is 0 Å². The van der Waals surface area contributed by atoms with Gasteiger partial charge in [0.25, 0.3) is 0 Å². The van der Waals surface area contributed by atoms with Crippen molar-refractivity contribution in [1.29, 1.82) is 5.26 Å². The fourth-order valence-corrected chi connectivity index (χ4v) is 3.62. The van der Waals surface area contributed by atoms with Crippen LogP contribution >= 0.6 is 0 Å². The molecule has 1 fully saturated rings. The van der Waals surface area contributed by atoms with E-state index >= 15 is 0 Å². The van der Waals surface area contributed by atoms with Gasteiger partial charge in [-0.2, -0.15) is 10.2 Å². The number of hydrogen-bond donors (Lipinski definition) is 2. The van der Waals surface area contributed by atoms with Crippen molar-refractivity contribution in [2.24, 2.45) is 0 Å². The molecule has 1 saturated heterocycles. The molecular weight excluding hydrogens is 410 g/mol. The zero-order valence-electron chi connectivity index (χ0n) is 18.8. The Kier molecular flexibility index (Phi) is 6.99. The highest BCUT2D eigenvalue weighted by molar-refractivity contribution is 5.55. The Balaban J connectivity index is 1.47. The maximum atomic E-state index is 8.93. The summed E-state index contributed by atoms with van der Waals surface area (Å²) in [5.74, 6) is 8.08. The summed E-state index contributed by atoms with van der Waals surface area (Å²) < 4.78 is 6.11. The maximum absolute atomic E-state index is 8.93. The van der Waals surface area contributed by atoms with Crippen molar-refractivity contribution in [3.8, 4) is 29.5 Å². The predicted octanol–water partition coefficient (Wildman–Crippen LogP) is 5.16. The average Bonchev–Trinajstić information content (AvgIpc) is 2.83. The molecule has 1 aliphatic rings. The first-order chi connectivity index (χ1) is 16.1. The van der Waals surface area contributed by atoms with Crippen LogP contribution in [0.5, 0.6) is 11.6 Å². The lowest BCUT2D eigenvalue weighted by molar-refractivity contribution is 0.455. The Bertz CT molecular complexity index is 1250. The van der Waals surface area contributed by atoms with Crippen LogP contribution in [0.3, 0.4) is 0 Å². The Morgan fingerprint density at radius 3 is 2.45 bits per heavy atom. The van der Waals surface area contributed by atoms with Crippen LogP contribution in [-0.2, 0) is 0 Å². The van der Waals surface area contributed by atoms with Gasteiger partial charge in [-0.25, -0.2) is 4.98 Å². The summed E-state index contributed by atoms with van der Waals surface area (Å²) >= 11 is 0. The number of allylic oxidation sites excluding steroid dienone is 1. The lowest BCUT2D eigenvalue weighted by Crippen LogP contribution is -2.22. The molecule has 1 aromatic heterocycles. The second-order valence-corrected chi connectivity index (χ2v) is 7.90. The fourth-order valence-electron chi connectivity index (χ4n) is 3.62. The van der Waals surface area contributed by atoms with Crippen LogP contribution in [0.2, 0.25) is 0 Å². The van der Waals surface area contributed by atoms with Gasteiger partial charge in [-0.3, -0.25) is 0 Å². The molecule has 0 unspecified atom stereocenters. The number of ether oxygens (including phenoxy) is 1. The van der Waals surface area contributed by atoms with Gasteiger partial charge in [0.05, 0.1) is 11.6 Å².